The van der Waals surface area contributed by atoms with Crippen molar-refractivity contribution in [3.63, 3.8) is 0 Å². The van der Waals surface area contributed by atoms with Gasteiger partial charge in [-0.1, -0.05) is 135 Å². The van der Waals surface area contributed by atoms with Gasteiger partial charge in [-0.25, -0.2) is 4.79 Å². The summed E-state index contributed by atoms with van der Waals surface area (Å²) in [6.07, 6.45) is 41.2. The predicted octanol–water partition coefficient (Wildman–Crippen LogP) is 11.0. The highest BCUT2D eigenvalue weighted by Crippen LogP contribution is 2.31. The van der Waals surface area contributed by atoms with Gasteiger partial charge in [0.05, 0.1) is 12.2 Å². The average Bonchev–Trinajstić information content (AvgIpc) is 3.58. The second kappa shape index (κ2) is 22.7. The summed E-state index contributed by atoms with van der Waals surface area (Å²) < 4.78 is 11.1. The van der Waals surface area contributed by atoms with E-state index in [9.17, 15) is 4.79 Å². The first kappa shape index (κ1) is 33.1. The van der Waals surface area contributed by atoms with Crippen LogP contribution in [0.4, 0.5) is 0 Å². The summed E-state index contributed by atoms with van der Waals surface area (Å²) in [4.78, 5) is 11.6. The van der Waals surface area contributed by atoms with Crippen molar-refractivity contribution in [2.75, 3.05) is 0 Å². The van der Waals surface area contributed by atoms with Crippen LogP contribution in [0.3, 0.4) is 0 Å². The van der Waals surface area contributed by atoms with Crippen LogP contribution in [-0.4, -0.2) is 24.3 Å². The van der Waals surface area contributed by atoms with Crippen LogP contribution in [0.15, 0.2) is 23.8 Å². The third kappa shape index (κ3) is 17.5. The van der Waals surface area contributed by atoms with Gasteiger partial charge in [0.15, 0.2) is 0 Å². The second-order valence-electron chi connectivity index (χ2n) is 12.1. The minimum Gasteiger partial charge on any atom is -0.455 e. The number of unbranched alkanes of at least 4 members (excludes halogenated alkanes) is 19. The Balaban J connectivity index is 1.23. The molecule has 1 fully saturated rings. The van der Waals surface area contributed by atoms with Gasteiger partial charge >= 0.3 is 5.97 Å². The minimum absolute atomic E-state index is 0.0213. The molecule has 2 aliphatic heterocycles. The molecule has 0 spiro atoms. The molecule has 0 amide bonds. The number of esters is 1. The highest BCUT2D eigenvalue weighted by molar-refractivity contribution is 5.90. The number of allylic oxidation sites excluding steroid dienone is 2. The molecular weight excluding hydrogens is 468 g/mol. The standard InChI is InChI=1S/C35H62O3/c1-3-4-5-6-7-8-9-10-11-12-16-19-22-25-28-33-34(38-33)29-26-23-20-17-14-13-15-18-21-24-27-32-30-31(2)37-35(32)36/h19,22,30-31,33-34H,3-18,20-21,23-29H2,1-2H3. The fourth-order valence-electron chi connectivity index (χ4n) is 5.82. The van der Waals surface area contributed by atoms with E-state index in [-0.39, 0.29) is 12.1 Å². The lowest BCUT2D eigenvalue weighted by Gasteiger charge is -2.03. The minimum atomic E-state index is -0.0940. The Kier molecular flexibility index (Phi) is 19.8. The summed E-state index contributed by atoms with van der Waals surface area (Å²) in [6.45, 7) is 4.22. The zero-order valence-corrected chi connectivity index (χ0v) is 25.4. The molecule has 3 nitrogen and oxygen atoms in total. The van der Waals surface area contributed by atoms with E-state index in [1.165, 1.54) is 148 Å². The fourth-order valence-corrected chi connectivity index (χ4v) is 5.82. The van der Waals surface area contributed by atoms with Crippen LogP contribution in [-0.2, 0) is 14.3 Å². The van der Waals surface area contributed by atoms with Crippen molar-refractivity contribution in [1.82, 2.24) is 0 Å². The lowest BCUT2D eigenvalue weighted by atomic mass is 10.0. The van der Waals surface area contributed by atoms with Crippen molar-refractivity contribution in [2.45, 2.75) is 193 Å². The molecule has 2 heterocycles. The van der Waals surface area contributed by atoms with E-state index < -0.39 is 0 Å². The molecule has 0 aromatic heterocycles. The number of hydrogen-bond acceptors (Lipinski definition) is 3. The maximum atomic E-state index is 11.6. The monoisotopic (exact) mass is 530 g/mol. The molecule has 1 saturated heterocycles. The van der Waals surface area contributed by atoms with Crippen LogP contribution < -0.4 is 0 Å². The zero-order valence-electron chi connectivity index (χ0n) is 25.4. The summed E-state index contributed by atoms with van der Waals surface area (Å²) in [5, 5.41) is 0. The number of carbonyl (C=O) groups excluding carboxylic acids is 1. The Morgan fingerprint density at radius 1 is 0.632 bits per heavy atom. The molecule has 3 unspecified atom stereocenters. The van der Waals surface area contributed by atoms with Crippen LogP contribution in [0, 0.1) is 0 Å². The smallest absolute Gasteiger partial charge is 0.334 e. The predicted molar refractivity (Wildman–Crippen MR) is 163 cm³/mol. The highest BCUT2D eigenvalue weighted by atomic mass is 16.6. The van der Waals surface area contributed by atoms with Crippen molar-refractivity contribution in [2.24, 2.45) is 0 Å². The number of carbonyl (C=O) groups is 1. The Bertz CT molecular complexity index is 637. The summed E-state index contributed by atoms with van der Waals surface area (Å²) in [7, 11) is 0. The van der Waals surface area contributed by atoms with Gasteiger partial charge in [-0.2, -0.15) is 0 Å². The normalized spacial score (nSPS) is 20.8. The number of epoxide rings is 1. The lowest BCUT2D eigenvalue weighted by Crippen LogP contribution is -2.03. The molecule has 0 saturated carbocycles. The quantitative estimate of drug-likeness (QED) is 0.0459. The van der Waals surface area contributed by atoms with Crippen molar-refractivity contribution >= 4 is 5.97 Å². The molecule has 38 heavy (non-hydrogen) atoms. The molecule has 0 radical (unpaired) electrons. The van der Waals surface area contributed by atoms with Crippen molar-refractivity contribution in [3.05, 3.63) is 23.8 Å². The lowest BCUT2D eigenvalue weighted by molar-refractivity contribution is -0.139. The third-order valence-electron chi connectivity index (χ3n) is 8.37. The molecule has 0 bridgehead atoms. The van der Waals surface area contributed by atoms with E-state index in [1.807, 2.05) is 13.0 Å². The van der Waals surface area contributed by atoms with Gasteiger partial charge in [0.1, 0.15) is 6.10 Å². The van der Waals surface area contributed by atoms with Crippen LogP contribution in [0.25, 0.3) is 0 Å². The molecule has 0 N–H and O–H groups in total. The number of cyclic esters (lactones) is 1. The molecule has 3 heteroatoms. The van der Waals surface area contributed by atoms with Crippen molar-refractivity contribution in [3.8, 4) is 0 Å². The molecular formula is C35H62O3. The molecule has 0 aromatic carbocycles. The summed E-state index contributed by atoms with van der Waals surface area (Å²) in [5.41, 5.74) is 0.895. The van der Waals surface area contributed by atoms with E-state index in [2.05, 4.69) is 19.1 Å². The number of rotatable bonds is 27. The first-order valence-corrected chi connectivity index (χ1v) is 16.9. The van der Waals surface area contributed by atoms with E-state index in [0.29, 0.717) is 12.2 Å². The van der Waals surface area contributed by atoms with Crippen LogP contribution in [0.1, 0.15) is 174 Å². The Labute approximate surface area is 236 Å². The summed E-state index contributed by atoms with van der Waals surface area (Å²) in [5.74, 6) is -0.0940. The van der Waals surface area contributed by atoms with Crippen LogP contribution in [0.2, 0.25) is 0 Å². The van der Waals surface area contributed by atoms with Gasteiger partial charge in [0.2, 0.25) is 0 Å². The summed E-state index contributed by atoms with van der Waals surface area (Å²) in [6, 6.07) is 0. The number of hydrogen-bond donors (Lipinski definition) is 0. The van der Waals surface area contributed by atoms with Crippen LogP contribution >= 0.6 is 0 Å². The van der Waals surface area contributed by atoms with Gasteiger partial charge in [0.25, 0.3) is 0 Å². The Morgan fingerprint density at radius 3 is 1.71 bits per heavy atom. The van der Waals surface area contributed by atoms with Gasteiger partial charge in [0, 0.05) is 5.57 Å². The maximum absolute atomic E-state index is 11.6. The van der Waals surface area contributed by atoms with Crippen molar-refractivity contribution in [1.29, 1.82) is 0 Å². The number of ether oxygens (including phenoxy) is 2. The SMILES string of the molecule is CCCCCCCCCCCCC=CCCC1OC1CCCCCCCCCCCCC1=CC(C)OC1=O. The molecule has 3 atom stereocenters. The van der Waals surface area contributed by atoms with Crippen LogP contribution in [0.5, 0.6) is 0 Å². The molecule has 0 aliphatic carbocycles. The van der Waals surface area contributed by atoms with E-state index >= 15 is 0 Å². The molecule has 2 rings (SSSR count). The largest absolute Gasteiger partial charge is 0.455 e. The van der Waals surface area contributed by atoms with Gasteiger partial charge in [-0.15, -0.1) is 0 Å². The highest BCUT2D eigenvalue weighted by Gasteiger charge is 2.36. The molecule has 0 aromatic rings. The second-order valence-corrected chi connectivity index (χ2v) is 12.1. The first-order chi connectivity index (χ1) is 18.7. The van der Waals surface area contributed by atoms with E-state index in [1.54, 1.807) is 0 Å². The fraction of sp³-hybridized carbons (Fsp3) is 0.857. The molecule has 220 valence electrons. The van der Waals surface area contributed by atoms with Gasteiger partial charge in [-0.05, 0) is 57.9 Å². The van der Waals surface area contributed by atoms with E-state index in [0.717, 1.165) is 18.4 Å². The van der Waals surface area contributed by atoms with E-state index in [4.69, 9.17) is 9.47 Å². The molecule has 2 aliphatic rings. The Morgan fingerprint density at radius 2 is 1.13 bits per heavy atom. The van der Waals surface area contributed by atoms with Gasteiger partial charge in [-0.3, -0.25) is 0 Å². The third-order valence-corrected chi connectivity index (χ3v) is 8.37. The van der Waals surface area contributed by atoms with Gasteiger partial charge < -0.3 is 9.47 Å². The average molecular weight is 531 g/mol. The topological polar surface area (TPSA) is 38.8 Å². The zero-order chi connectivity index (χ0) is 27.1. The first-order valence-electron chi connectivity index (χ1n) is 16.9. The maximum Gasteiger partial charge on any atom is 0.334 e. The Hall–Kier alpha value is -1.09. The van der Waals surface area contributed by atoms with Crippen molar-refractivity contribution < 1.29 is 14.3 Å². The summed E-state index contributed by atoms with van der Waals surface area (Å²) >= 11 is 0.